The van der Waals surface area contributed by atoms with Crippen LogP contribution in [0.15, 0.2) is 94.9 Å². The molecule has 2 atom stereocenters. The summed E-state index contributed by atoms with van der Waals surface area (Å²) in [5, 5.41) is 55.3. The molecule has 36 heteroatoms. The van der Waals surface area contributed by atoms with Gasteiger partial charge in [0.2, 0.25) is 11.8 Å². The Labute approximate surface area is 491 Å². The highest BCUT2D eigenvalue weighted by atomic mass is 19.4. The highest BCUT2D eigenvalue weighted by Gasteiger charge is 2.39. The van der Waals surface area contributed by atoms with Crippen LogP contribution in [0.1, 0.15) is 57.5 Å². The van der Waals surface area contributed by atoms with Crippen LogP contribution in [0.3, 0.4) is 0 Å². The number of rotatable bonds is 31. The van der Waals surface area contributed by atoms with Crippen molar-refractivity contribution in [3.05, 3.63) is 107 Å². The zero-order valence-electron chi connectivity index (χ0n) is 45.4. The van der Waals surface area contributed by atoms with Gasteiger partial charge in [0.15, 0.2) is 11.9 Å². The molecule has 16 N–H and O–H groups in total. The van der Waals surface area contributed by atoms with Crippen LogP contribution in [0.4, 0.5) is 37.7 Å². The molecule has 0 saturated heterocycles. The number of halogens is 6. The number of guanidine groups is 2. The van der Waals surface area contributed by atoms with Crippen LogP contribution in [0, 0.1) is 0 Å². The number of hydrogen-bond acceptors (Lipinski definition) is 18. The number of alkyl halides is 6. The predicted molar refractivity (Wildman–Crippen MR) is 287 cm³/mol. The molecule has 0 fully saturated rings. The zero-order valence-corrected chi connectivity index (χ0v) is 45.4. The summed E-state index contributed by atoms with van der Waals surface area (Å²) in [6.07, 6.45) is -12.3. The second-order valence-electron chi connectivity index (χ2n) is 17.1. The fourth-order valence-corrected chi connectivity index (χ4v) is 6.37. The van der Waals surface area contributed by atoms with Crippen LogP contribution in [0.2, 0.25) is 0 Å². The van der Waals surface area contributed by atoms with E-state index in [0.717, 1.165) is 0 Å². The van der Waals surface area contributed by atoms with Crippen molar-refractivity contribution in [2.24, 2.45) is 32.9 Å². The van der Waals surface area contributed by atoms with E-state index in [2.05, 4.69) is 20.6 Å². The maximum atomic E-state index is 13.0. The molecule has 0 saturated carbocycles. The van der Waals surface area contributed by atoms with E-state index < -0.39 is 96.8 Å². The number of nitrogens with zero attached hydrogens (tertiary/aromatic N) is 2. The second-order valence-corrected chi connectivity index (χ2v) is 17.1. The summed E-state index contributed by atoms with van der Waals surface area (Å²) in [7, 11) is 0. The van der Waals surface area contributed by atoms with Crippen LogP contribution in [0.25, 0.3) is 0 Å². The van der Waals surface area contributed by atoms with E-state index in [-0.39, 0.29) is 111 Å². The highest BCUT2D eigenvalue weighted by Crippen LogP contribution is 2.29. The predicted octanol–water partition coefficient (Wildman–Crippen LogP) is 2.65. The summed E-state index contributed by atoms with van der Waals surface area (Å²) >= 11 is 0. The van der Waals surface area contributed by atoms with Gasteiger partial charge in [-0.2, -0.15) is 26.3 Å². The number of amides is 2. The van der Waals surface area contributed by atoms with Crippen molar-refractivity contribution in [2.75, 3.05) is 39.6 Å². The molecule has 88 heavy (non-hydrogen) atoms. The monoisotopic (exact) mass is 1260 g/mol. The summed E-state index contributed by atoms with van der Waals surface area (Å²) in [6.45, 7) is 0.187. The van der Waals surface area contributed by atoms with Gasteiger partial charge in [-0.05, 0) is 84.6 Å². The average Bonchev–Trinajstić information content (AvgIpc) is 1.60. The van der Waals surface area contributed by atoms with Gasteiger partial charge >= 0.3 is 60.1 Å². The maximum absolute atomic E-state index is 13.0. The van der Waals surface area contributed by atoms with E-state index in [1.165, 1.54) is 84.9 Å². The number of aryl methyl sites for hydroxylation is 2. The SMILES string of the molecule is NC(N)=Nc1ccc(C(=O)Oc2ccc(CCC(=O)NC(CC(=O)O)C(=O)O)c(OCCOCCOCCOc3cc(OC(=O)c4ccc(N=C(N)N)cc4)ccc3CCC(=O)NC(CC(=O)O)C(=O)O)c2)cc1.O=C(O)C(F)(F)F.O=C(O)C(F)(F)F. The van der Waals surface area contributed by atoms with Crippen molar-refractivity contribution in [1.82, 2.24) is 10.6 Å². The van der Waals surface area contributed by atoms with Crippen molar-refractivity contribution < 1.29 is 133 Å². The number of carbonyl (C=O) groups excluding carboxylic acids is 4. The Balaban J connectivity index is 0.00000168. The van der Waals surface area contributed by atoms with Crippen LogP contribution in [-0.2, 0) is 60.7 Å². The molecule has 0 heterocycles. The fraction of sp³-hybridized carbons (Fsp3) is 0.308. The lowest BCUT2D eigenvalue weighted by atomic mass is 10.1. The van der Waals surface area contributed by atoms with Gasteiger partial charge in [0.05, 0.1) is 61.8 Å². The summed E-state index contributed by atoms with van der Waals surface area (Å²) in [4.78, 5) is 122. The third-order valence-corrected chi connectivity index (χ3v) is 10.3. The first-order chi connectivity index (χ1) is 41.1. The molecule has 4 rings (SSSR count). The highest BCUT2D eigenvalue weighted by molar-refractivity contribution is 5.93. The lowest BCUT2D eigenvalue weighted by molar-refractivity contribution is -0.193. The van der Waals surface area contributed by atoms with E-state index in [1.54, 1.807) is 0 Å². The quantitative estimate of drug-likeness (QED) is 0.00860. The molecule has 4 aromatic carbocycles. The Morgan fingerprint density at radius 3 is 1.05 bits per heavy atom. The van der Waals surface area contributed by atoms with Crippen LogP contribution in [-0.4, -0.2) is 166 Å². The third kappa shape index (κ3) is 29.6. The topological polar surface area (TPSA) is 500 Å². The van der Waals surface area contributed by atoms with Crippen molar-refractivity contribution in [3.63, 3.8) is 0 Å². The van der Waals surface area contributed by atoms with E-state index in [9.17, 15) is 74.9 Å². The van der Waals surface area contributed by atoms with Crippen molar-refractivity contribution in [1.29, 1.82) is 0 Å². The summed E-state index contributed by atoms with van der Waals surface area (Å²) in [5.74, 6) is -14.1. The van der Waals surface area contributed by atoms with Gasteiger partial charge in [0.25, 0.3) is 0 Å². The van der Waals surface area contributed by atoms with Crippen LogP contribution in [0.5, 0.6) is 23.0 Å². The average molecular weight is 1260 g/mol. The molecule has 0 bridgehead atoms. The lowest BCUT2D eigenvalue weighted by Crippen LogP contribution is -2.42. The molecule has 30 nitrogen and oxygen atoms in total. The van der Waals surface area contributed by atoms with Gasteiger partial charge in [-0.1, -0.05) is 12.1 Å². The lowest BCUT2D eigenvalue weighted by Gasteiger charge is -2.15. The van der Waals surface area contributed by atoms with Gasteiger partial charge in [-0.3, -0.25) is 19.2 Å². The Morgan fingerprint density at radius 2 is 0.773 bits per heavy atom. The molecular formula is C52H56F6N8O22. The number of nitrogens with two attached hydrogens (primary N) is 4. The number of aliphatic imine (C=N–C) groups is 2. The minimum atomic E-state index is -5.08. The molecule has 2 unspecified atom stereocenters. The minimum absolute atomic E-state index is 0.0169. The molecule has 0 aliphatic heterocycles. The Bertz CT molecular complexity index is 2930. The Hall–Kier alpha value is -10.8. The summed E-state index contributed by atoms with van der Waals surface area (Å²) < 4.78 is 97.8. The minimum Gasteiger partial charge on any atom is -0.491 e. The van der Waals surface area contributed by atoms with E-state index >= 15 is 0 Å². The molecule has 0 aliphatic rings. The summed E-state index contributed by atoms with van der Waals surface area (Å²) in [6, 6.07) is 17.4. The largest absolute Gasteiger partial charge is 0.491 e. The van der Waals surface area contributed by atoms with Gasteiger partial charge in [-0.15, -0.1) is 0 Å². The molecular weight excluding hydrogens is 1200 g/mol. The van der Waals surface area contributed by atoms with E-state index in [1.807, 2.05) is 0 Å². The number of carboxylic acid groups (broad SMARTS) is 6. The van der Waals surface area contributed by atoms with Crippen LogP contribution < -0.4 is 52.5 Å². The van der Waals surface area contributed by atoms with Crippen LogP contribution >= 0.6 is 0 Å². The third-order valence-electron chi connectivity index (χ3n) is 10.3. The number of hydrogen-bond donors (Lipinski definition) is 12. The molecule has 0 aromatic heterocycles. The van der Waals surface area contributed by atoms with E-state index in [0.29, 0.717) is 22.5 Å². The number of aliphatic carboxylic acids is 6. The van der Waals surface area contributed by atoms with Gasteiger partial charge in [-0.25, -0.2) is 38.8 Å². The first-order valence-corrected chi connectivity index (χ1v) is 24.7. The van der Waals surface area contributed by atoms with E-state index in [4.69, 9.17) is 81.4 Å². The van der Waals surface area contributed by atoms with Gasteiger partial charge < -0.3 is 92.6 Å². The first-order valence-electron chi connectivity index (χ1n) is 24.7. The Kier molecular flexibility index (Phi) is 30.1. The zero-order chi connectivity index (χ0) is 66.3. The molecule has 478 valence electrons. The number of carbonyl (C=O) groups is 10. The molecule has 0 spiro atoms. The number of carboxylic acids is 6. The molecule has 0 radical (unpaired) electrons. The number of ether oxygens (including phenoxy) is 6. The number of esters is 2. The molecule has 0 aliphatic carbocycles. The van der Waals surface area contributed by atoms with Gasteiger partial charge in [0, 0.05) is 25.0 Å². The van der Waals surface area contributed by atoms with Gasteiger partial charge in [0.1, 0.15) is 48.3 Å². The fourth-order valence-electron chi connectivity index (χ4n) is 6.37. The number of nitrogens with one attached hydrogen (secondary N) is 2. The molecule has 4 aromatic rings. The smallest absolute Gasteiger partial charge is 0.490 e. The van der Waals surface area contributed by atoms with Crippen molar-refractivity contribution >= 4 is 82.9 Å². The standard InChI is InChI=1S/C48H54N8O18.2C2HF3O2/c49-47(50)53-31-9-1-29(2-10-31)45(67)73-33-13-5-27(7-15-39(57)55-35(43(63)64)25-41(59)60)37(23-33)71-21-19-69-17-18-70-20-22-72-38-24-34(74-46(68)30-3-11-32(12-4-30)54-48(51)52)14-6-28(38)8-16-40(58)56-36(44(65)66)26-42(61)62;2*3-2(4,5)1(6)7/h1-6,9-14,23-24,35-36H,7-8,15-22,25-26H2,(H,55,57)(H,56,58)(H,59,60)(H,61,62)(H,63,64)(H,65,66)(H4,49,50,53)(H4,51,52,54);2*(H,6,7). The molecule has 2 amide bonds. The second kappa shape index (κ2) is 36.2. The normalized spacial score (nSPS) is 11.4. The van der Waals surface area contributed by atoms with Crippen molar-refractivity contribution in [3.8, 4) is 23.0 Å². The Morgan fingerprint density at radius 1 is 0.466 bits per heavy atom. The number of benzene rings is 4. The van der Waals surface area contributed by atoms with Crippen molar-refractivity contribution in [2.45, 2.75) is 63.0 Å². The first kappa shape index (κ1) is 73.3. The summed E-state index contributed by atoms with van der Waals surface area (Å²) in [5.41, 5.74) is 23.7. The maximum Gasteiger partial charge on any atom is 0.490 e.